The van der Waals surface area contributed by atoms with Crippen molar-refractivity contribution >= 4 is 49.0 Å². The van der Waals surface area contributed by atoms with Crippen LogP contribution < -0.4 is 0 Å². The molecule has 0 aromatic rings. The summed E-state index contributed by atoms with van der Waals surface area (Å²) in [5.41, 5.74) is 0. The maximum Gasteiger partial charge on any atom is 0.620 e. The van der Waals surface area contributed by atoms with Crippen molar-refractivity contribution in [1.29, 1.82) is 0 Å². The molecule has 0 rings (SSSR count). The van der Waals surface area contributed by atoms with Crippen molar-refractivity contribution in [2.24, 2.45) is 0 Å². The summed E-state index contributed by atoms with van der Waals surface area (Å²) in [5, 5.41) is 157. The summed E-state index contributed by atoms with van der Waals surface area (Å²) in [6.45, 7) is 0. The number of hydrogen-bond acceptors (Lipinski definition) is 28. The summed E-state index contributed by atoms with van der Waals surface area (Å²) in [6, 6.07) is 0. The first-order valence-corrected chi connectivity index (χ1v) is 14.0. The molecule has 0 unspecified atom stereocenters. The zero-order chi connectivity index (χ0) is 41.7. The van der Waals surface area contributed by atoms with Gasteiger partial charge in [0.25, 0.3) is 0 Å². The first-order valence-electron chi connectivity index (χ1n) is 14.0. The van der Waals surface area contributed by atoms with E-state index in [-0.39, 0.29) is 0 Å². The third-order valence-corrected chi connectivity index (χ3v) is 6.52. The number of ether oxygens (including phenoxy) is 4. The van der Waals surface area contributed by atoms with Crippen LogP contribution in [-0.2, 0) is 57.3 Å². The maximum atomic E-state index is 12.8. The van der Waals surface area contributed by atoms with Gasteiger partial charge in [-0.1, -0.05) is 0 Å². The SMILES string of the molecule is O=C[C@H](O)[C@@H](O)[C@@H](O)[C@H](O)C(=O)OC(OC(=O)[C@@H](O)[C@H](O)[C@H](O)[C@@H](O)C=O)(OC(=O)[C@@H](O)[C@H](O)[C@H](O)[C@@H](O)C=O)OC(=O)[C@@H](O)[C@H](O)[C@H](O)[C@@H](O)C=O. The Kier molecular flexibility index (Phi) is 19.9. The highest BCUT2D eigenvalue weighted by Crippen LogP contribution is 2.25. The molecule has 53 heavy (non-hydrogen) atoms. The molecule has 0 aromatic heterocycles. The van der Waals surface area contributed by atoms with Crippen LogP contribution in [0.2, 0.25) is 0 Å². The van der Waals surface area contributed by atoms with E-state index in [0.29, 0.717) is 0 Å². The molecule has 0 aliphatic heterocycles. The topological polar surface area (TPSA) is 497 Å². The van der Waals surface area contributed by atoms with Gasteiger partial charge in [-0.3, -0.25) is 0 Å². The van der Waals surface area contributed by atoms with Crippen molar-refractivity contribution in [2.45, 2.75) is 104 Å². The lowest BCUT2D eigenvalue weighted by atomic mass is 10.0. The quantitative estimate of drug-likeness (QED) is 0.0245. The zero-order valence-corrected chi connectivity index (χ0v) is 26.1. The van der Waals surface area contributed by atoms with E-state index in [1.807, 2.05) is 0 Å². The molecule has 28 heteroatoms. The highest BCUT2D eigenvalue weighted by atomic mass is 17.0. The van der Waals surface area contributed by atoms with E-state index in [9.17, 15) is 120 Å². The summed E-state index contributed by atoms with van der Waals surface area (Å²) in [4.78, 5) is 94.2. The molecule has 0 spiro atoms. The molecule has 0 radical (unpaired) electrons. The Morgan fingerprint density at radius 2 is 0.472 bits per heavy atom. The van der Waals surface area contributed by atoms with Crippen molar-refractivity contribution in [2.75, 3.05) is 0 Å². The largest absolute Gasteiger partial charge is 0.620 e. The second-order valence-corrected chi connectivity index (χ2v) is 10.4. The van der Waals surface area contributed by atoms with Gasteiger partial charge in [0.15, 0.2) is 49.6 Å². The number of carbonyl (C=O) groups excluding carboxylic acids is 8. The summed E-state index contributed by atoms with van der Waals surface area (Å²) in [7, 11) is 0. The summed E-state index contributed by atoms with van der Waals surface area (Å²) in [5.74, 6) is -10.8. The van der Waals surface area contributed by atoms with E-state index in [1.54, 1.807) is 0 Å². The minimum absolute atomic E-state index is 0.463. The molecule has 0 bridgehead atoms. The highest BCUT2D eigenvalue weighted by Gasteiger charge is 2.56. The zero-order valence-electron chi connectivity index (χ0n) is 26.1. The standard InChI is InChI=1S/C25H36O28/c26-1-5(30)9(34)13(38)17(42)21(46)50-25(51-22(47)18(43)14(39)10(35)6(31)2-27,52-23(48)19(44)15(40)11(36)7(32)3-28)53-24(49)20(45)16(41)12(37)8(33)4-29/h1-20,30-45H/t5-,6-,7-,8-,9+,10+,11+,12+,13+,14+,15+,16+,17-,18-,19-,20-/m0/s1. The van der Waals surface area contributed by atoms with E-state index < -0.39 is 153 Å². The second kappa shape index (κ2) is 21.6. The number of aldehydes is 4. The molecule has 16 atom stereocenters. The lowest BCUT2D eigenvalue weighted by Gasteiger charge is -2.34. The molecule has 0 heterocycles. The Labute approximate surface area is 292 Å². The predicted molar refractivity (Wildman–Crippen MR) is 147 cm³/mol. The van der Waals surface area contributed by atoms with Crippen LogP contribution in [0.15, 0.2) is 0 Å². The first kappa shape index (κ1) is 48.9. The molecular weight excluding hydrogens is 748 g/mol. The second-order valence-electron chi connectivity index (χ2n) is 10.4. The van der Waals surface area contributed by atoms with Gasteiger partial charge in [-0.15, -0.1) is 0 Å². The number of rotatable bonds is 24. The van der Waals surface area contributed by atoms with Gasteiger partial charge in [0.05, 0.1) is 0 Å². The number of hydrogen-bond donors (Lipinski definition) is 16. The van der Waals surface area contributed by atoms with Gasteiger partial charge in [0, 0.05) is 0 Å². The lowest BCUT2D eigenvalue weighted by molar-refractivity contribution is -0.438. The molecule has 0 saturated carbocycles. The van der Waals surface area contributed by atoms with Crippen LogP contribution in [-0.4, -0.2) is 235 Å². The highest BCUT2D eigenvalue weighted by molar-refractivity contribution is 5.81. The molecule has 0 aromatic carbocycles. The Bertz CT molecular complexity index is 1070. The average Bonchev–Trinajstić information content (AvgIpc) is 3.15. The molecule has 304 valence electrons. The minimum atomic E-state index is -4.98. The van der Waals surface area contributed by atoms with E-state index in [0.717, 1.165) is 0 Å². The minimum Gasteiger partial charge on any atom is -0.387 e. The Balaban J connectivity index is 7.41. The van der Waals surface area contributed by atoms with Crippen LogP contribution >= 0.6 is 0 Å². The van der Waals surface area contributed by atoms with E-state index in [2.05, 4.69) is 18.9 Å². The first-order chi connectivity index (χ1) is 24.4. The Hall–Kier alpha value is -4.08. The maximum absolute atomic E-state index is 12.8. The third kappa shape index (κ3) is 13.1. The van der Waals surface area contributed by atoms with Gasteiger partial charge in [-0.2, -0.15) is 0 Å². The van der Waals surface area contributed by atoms with Gasteiger partial charge < -0.3 is 120 Å². The van der Waals surface area contributed by atoms with E-state index in [1.165, 1.54) is 0 Å². The number of aliphatic hydroxyl groups is 16. The molecule has 0 aliphatic rings. The number of esters is 4. The third-order valence-electron chi connectivity index (χ3n) is 6.52. The van der Waals surface area contributed by atoms with E-state index in [4.69, 9.17) is 0 Å². The fourth-order valence-electron chi connectivity index (χ4n) is 3.29. The molecular formula is C25H36O28. The smallest absolute Gasteiger partial charge is 0.387 e. The Morgan fingerprint density at radius 3 is 0.604 bits per heavy atom. The van der Waals surface area contributed by atoms with Crippen molar-refractivity contribution < 1.29 is 139 Å². The predicted octanol–water partition coefficient (Wildman–Crippen LogP) is -13.7. The van der Waals surface area contributed by atoms with Crippen molar-refractivity contribution in [3.8, 4) is 0 Å². The van der Waals surface area contributed by atoms with Crippen molar-refractivity contribution in [3.63, 3.8) is 0 Å². The van der Waals surface area contributed by atoms with Crippen LogP contribution in [0.5, 0.6) is 0 Å². The normalized spacial score (nSPS) is 21.0. The van der Waals surface area contributed by atoms with Gasteiger partial charge in [-0.25, -0.2) is 19.2 Å². The van der Waals surface area contributed by atoms with Gasteiger partial charge in [0.2, 0.25) is 0 Å². The monoisotopic (exact) mass is 784 g/mol. The van der Waals surface area contributed by atoms with Crippen molar-refractivity contribution in [3.05, 3.63) is 0 Å². The van der Waals surface area contributed by atoms with Crippen LogP contribution in [0, 0.1) is 0 Å². The van der Waals surface area contributed by atoms with E-state index >= 15 is 0 Å². The van der Waals surface area contributed by atoms with Crippen LogP contribution in [0.25, 0.3) is 0 Å². The lowest BCUT2D eigenvalue weighted by Crippen LogP contribution is -2.59. The van der Waals surface area contributed by atoms with Crippen molar-refractivity contribution in [1.82, 2.24) is 0 Å². The van der Waals surface area contributed by atoms with Crippen LogP contribution in [0.1, 0.15) is 0 Å². The Morgan fingerprint density at radius 1 is 0.321 bits per heavy atom. The van der Waals surface area contributed by atoms with Gasteiger partial charge in [-0.05, 0) is 0 Å². The number of carbonyl (C=O) groups is 8. The summed E-state index contributed by atoms with van der Waals surface area (Å²) in [6.07, 6.45) is -54.2. The molecule has 28 nitrogen and oxygen atoms in total. The van der Waals surface area contributed by atoms with Crippen LogP contribution in [0.3, 0.4) is 0 Å². The molecule has 0 aliphatic carbocycles. The van der Waals surface area contributed by atoms with Gasteiger partial charge in [0.1, 0.15) is 73.2 Å². The summed E-state index contributed by atoms with van der Waals surface area (Å²) < 4.78 is 16.9. The fraction of sp³-hybridized carbons (Fsp3) is 0.680. The van der Waals surface area contributed by atoms with Crippen LogP contribution in [0.4, 0.5) is 0 Å². The fourth-order valence-corrected chi connectivity index (χ4v) is 3.29. The molecule has 0 fully saturated rings. The number of aliphatic hydroxyl groups excluding tert-OH is 16. The molecule has 0 amide bonds. The average molecular weight is 785 g/mol. The van der Waals surface area contributed by atoms with Gasteiger partial charge >= 0.3 is 30.0 Å². The summed E-state index contributed by atoms with van der Waals surface area (Å²) >= 11 is 0. The molecule has 0 saturated heterocycles. The molecule has 16 N–H and O–H groups in total.